The fourth-order valence-corrected chi connectivity index (χ4v) is 4.63. The monoisotopic (exact) mass is 551 g/mol. The Balaban J connectivity index is 0.000000531. The molecule has 39 heavy (non-hydrogen) atoms. The highest BCUT2D eigenvalue weighted by Crippen LogP contribution is 2.39. The molecule has 0 radical (unpaired) electrons. The molecule has 11 heteroatoms. The number of hydrazone groups is 1. The van der Waals surface area contributed by atoms with Crippen LogP contribution in [0.4, 0.5) is 11.4 Å². The zero-order valence-electron chi connectivity index (χ0n) is 22.5. The second kappa shape index (κ2) is 10.6. The maximum Gasteiger partial charge on any atom is 0.337 e. The Morgan fingerprint density at radius 3 is 2.38 bits per heavy atom. The molecule has 0 aliphatic carbocycles. The molecular weight excluding hydrogens is 522 g/mol. The van der Waals surface area contributed by atoms with E-state index in [1.165, 1.54) is 7.11 Å². The molecule has 10 nitrogen and oxygen atoms in total. The van der Waals surface area contributed by atoms with Gasteiger partial charge in [0.2, 0.25) is 21.8 Å². The number of para-hydroxylation sites is 1. The lowest BCUT2D eigenvalue weighted by Crippen LogP contribution is -2.30. The van der Waals surface area contributed by atoms with Crippen molar-refractivity contribution in [3.05, 3.63) is 71.8 Å². The van der Waals surface area contributed by atoms with Crippen molar-refractivity contribution in [2.75, 3.05) is 33.3 Å². The minimum atomic E-state index is -4.41. The van der Waals surface area contributed by atoms with Gasteiger partial charge in [0.05, 0.1) is 30.9 Å². The van der Waals surface area contributed by atoms with Gasteiger partial charge < -0.3 is 13.7 Å². The van der Waals surface area contributed by atoms with Crippen LogP contribution in [0.2, 0.25) is 0 Å². The first-order valence-corrected chi connectivity index (χ1v) is 13.2. The molecule has 0 N–H and O–H groups in total. The topological polar surface area (TPSA) is 124 Å². The van der Waals surface area contributed by atoms with Crippen molar-refractivity contribution in [2.24, 2.45) is 5.10 Å². The van der Waals surface area contributed by atoms with E-state index in [4.69, 9.17) is 14.3 Å². The van der Waals surface area contributed by atoms with E-state index in [-0.39, 0.29) is 11.4 Å². The van der Waals surface area contributed by atoms with Crippen molar-refractivity contribution < 1.29 is 35.7 Å². The van der Waals surface area contributed by atoms with Gasteiger partial charge in [-0.15, -0.1) is 0 Å². The summed E-state index contributed by atoms with van der Waals surface area (Å²) in [7, 11) is 1.75. The predicted octanol–water partition coefficient (Wildman–Crippen LogP) is 4.59. The standard InChI is InChI=1S/C27H26N3O3.CH4O4S/c1-27(2)21-14-17(26(31)32-5)10-12-22(21)29(3)25(27)16-28-30(4)18-11-13-24-20(15-18)19-8-6-7-9-23(19)33-24;1-5-6(2,3)4/h6-16H,1-5H3;1H3,(H,2,3,4)/q+1;/p-1. The van der Waals surface area contributed by atoms with E-state index in [2.05, 4.69) is 34.7 Å². The maximum absolute atomic E-state index is 12.0. The Hall–Kier alpha value is -4.06. The number of ether oxygens (including phenoxy) is 1. The Morgan fingerprint density at radius 1 is 1.05 bits per heavy atom. The third kappa shape index (κ3) is 5.56. The van der Waals surface area contributed by atoms with Gasteiger partial charge in [-0.05, 0) is 50.2 Å². The lowest BCUT2D eigenvalue weighted by molar-refractivity contribution is -0.400. The van der Waals surface area contributed by atoms with E-state index in [0.717, 1.165) is 51.7 Å². The average Bonchev–Trinajstić information content (AvgIpc) is 3.38. The Kier molecular flexibility index (Phi) is 7.60. The summed E-state index contributed by atoms with van der Waals surface area (Å²) < 4.78 is 44.0. The van der Waals surface area contributed by atoms with Gasteiger partial charge in [0.15, 0.2) is 0 Å². The van der Waals surface area contributed by atoms with Crippen LogP contribution in [0.3, 0.4) is 0 Å². The number of esters is 1. The number of nitrogens with zero attached hydrogens (tertiary/aromatic N) is 3. The molecule has 0 unspecified atom stereocenters. The molecule has 1 aliphatic rings. The van der Waals surface area contributed by atoms with Crippen molar-refractivity contribution in [1.82, 2.24) is 0 Å². The van der Waals surface area contributed by atoms with Crippen LogP contribution in [0.5, 0.6) is 0 Å². The Bertz CT molecular complexity index is 1740. The van der Waals surface area contributed by atoms with Gasteiger partial charge in [-0.1, -0.05) is 18.2 Å². The molecule has 1 aliphatic heterocycles. The van der Waals surface area contributed by atoms with Crippen LogP contribution >= 0.6 is 0 Å². The molecule has 1 aromatic heterocycles. The third-order valence-electron chi connectivity index (χ3n) is 6.75. The second-order valence-corrected chi connectivity index (χ2v) is 10.6. The Morgan fingerprint density at radius 2 is 1.72 bits per heavy atom. The number of anilines is 1. The summed E-state index contributed by atoms with van der Waals surface area (Å²) in [5.41, 5.74) is 6.12. The minimum Gasteiger partial charge on any atom is -0.726 e. The molecule has 5 rings (SSSR count). The zero-order valence-corrected chi connectivity index (χ0v) is 23.3. The lowest BCUT2D eigenvalue weighted by Gasteiger charge is -2.17. The normalized spacial score (nSPS) is 14.4. The molecule has 204 valence electrons. The predicted molar refractivity (Wildman–Crippen MR) is 149 cm³/mol. The summed E-state index contributed by atoms with van der Waals surface area (Å²) in [6.07, 6.45) is 1.90. The van der Waals surface area contributed by atoms with E-state index in [9.17, 15) is 17.8 Å². The van der Waals surface area contributed by atoms with E-state index in [0.29, 0.717) is 5.56 Å². The van der Waals surface area contributed by atoms with Gasteiger partial charge in [-0.25, -0.2) is 13.2 Å². The van der Waals surface area contributed by atoms with E-state index < -0.39 is 10.4 Å². The first-order valence-electron chi connectivity index (χ1n) is 11.9. The molecule has 0 fully saturated rings. The van der Waals surface area contributed by atoms with Crippen LogP contribution in [0.15, 0.2) is 70.2 Å². The molecule has 0 spiro atoms. The SMILES string of the molecule is COC(=O)c1ccc2c(c1)C(C)(C)C(C=NN(C)c1ccc3oc4ccccc4c3c1)=[N+]2C.COS(=O)(=O)[O-]. The van der Waals surface area contributed by atoms with Gasteiger partial charge >= 0.3 is 5.97 Å². The first kappa shape index (κ1) is 28.0. The summed E-state index contributed by atoms with van der Waals surface area (Å²) >= 11 is 0. The number of hydrogen-bond acceptors (Lipinski definition) is 9. The number of hydrogen-bond donors (Lipinski definition) is 0. The average molecular weight is 552 g/mol. The van der Waals surface area contributed by atoms with Crippen molar-refractivity contribution >= 4 is 61.6 Å². The molecule has 4 aromatic rings. The molecule has 0 saturated carbocycles. The number of carbonyl (C=O) groups is 1. The van der Waals surface area contributed by atoms with Crippen molar-refractivity contribution in [3.63, 3.8) is 0 Å². The number of carbonyl (C=O) groups excluding carboxylic acids is 1. The fourth-order valence-electron chi connectivity index (χ4n) is 4.63. The molecule has 0 amide bonds. The van der Waals surface area contributed by atoms with Crippen LogP contribution in [0.1, 0.15) is 29.8 Å². The van der Waals surface area contributed by atoms with Crippen molar-refractivity contribution in [3.8, 4) is 0 Å². The van der Waals surface area contributed by atoms with Crippen LogP contribution in [-0.4, -0.2) is 63.8 Å². The van der Waals surface area contributed by atoms with Crippen LogP contribution in [0, 0.1) is 0 Å². The van der Waals surface area contributed by atoms with Gasteiger partial charge in [0.1, 0.15) is 24.4 Å². The molecule has 3 aromatic carbocycles. The van der Waals surface area contributed by atoms with Gasteiger partial charge in [-0.3, -0.25) is 9.19 Å². The first-order chi connectivity index (χ1) is 18.4. The van der Waals surface area contributed by atoms with Crippen molar-refractivity contribution in [2.45, 2.75) is 19.3 Å². The summed E-state index contributed by atoms with van der Waals surface area (Å²) in [5.74, 6) is -0.333. The number of fused-ring (bicyclic) bond motifs is 4. The van der Waals surface area contributed by atoms with Gasteiger partial charge in [-0.2, -0.15) is 9.68 Å². The highest BCUT2D eigenvalue weighted by molar-refractivity contribution is 7.80. The van der Waals surface area contributed by atoms with E-state index in [1.54, 1.807) is 6.07 Å². The summed E-state index contributed by atoms with van der Waals surface area (Å²) in [6.45, 7) is 4.28. The summed E-state index contributed by atoms with van der Waals surface area (Å²) in [5, 5.41) is 8.78. The molecule has 0 atom stereocenters. The number of benzene rings is 3. The van der Waals surface area contributed by atoms with Gasteiger partial charge in [0, 0.05) is 29.4 Å². The third-order valence-corrected chi connectivity index (χ3v) is 7.15. The van der Waals surface area contributed by atoms with Crippen LogP contribution in [0.25, 0.3) is 21.9 Å². The van der Waals surface area contributed by atoms with Gasteiger partial charge in [0.25, 0.3) is 0 Å². The van der Waals surface area contributed by atoms with E-state index >= 15 is 0 Å². The largest absolute Gasteiger partial charge is 0.726 e. The number of methoxy groups -OCH3 is 1. The Labute approximate surface area is 226 Å². The fraction of sp³-hybridized carbons (Fsp3) is 0.250. The maximum atomic E-state index is 12.0. The highest BCUT2D eigenvalue weighted by atomic mass is 32.3. The zero-order chi connectivity index (χ0) is 28.5. The summed E-state index contributed by atoms with van der Waals surface area (Å²) in [6, 6.07) is 19.8. The number of rotatable bonds is 5. The molecule has 2 heterocycles. The second-order valence-electron chi connectivity index (χ2n) is 9.41. The van der Waals surface area contributed by atoms with Crippen LogP contribution in [-0.2, 0) is 24.7 Å². The molecular formula is C28H29N3O7S. The molecule has 0 saturated heterocycles. The quantitative estimate of drug-likeness (QED) is 0.0881. The van der Waals surface area contributed by atoms with Crippen molar-refractivity contribution in [1.29, 1.82) is 0 Å². The smallest absolute Gasteiger partial charge is 0.337 e. The molecule has 0 bridgehead atoms. The lowest BCUT2D eigenvalue weighted by atomic mass is 9.81. The summed E-state index contributed by atoms with van der Waals surface area (Å²) in [4.78, 5) is 12.0. The minimum absolute atomic E-state index is 0.316. The van der Waals surface area contributed by atoms with E-state index in [1.807, 2.05) is 67.8 Å². The van der Waals surface area contributed by atoms with Crippen LogP contribution < -0.4 is 5.01 Å². The highest BCUT2D eigenvalue weighted by Gasteiger charge is 2.44. The number of furan rings is 1.